The number of aryl methyl sites for hydroxylation is 1. The molecule has 0 saturated heterocycles. The molecule has 0 bridgehead atoms. The fourth-order valence-electron chi connectivity index (χ4n) is 3.10. The van der Waals surface area contributed by atoms with E-state index in [0.29, 0.717) is 31.3 Å². The highest BCUT2D eigenvalue weighted by Gasteiger charge is 2.27. The first-order valence-electron chi connectivity index (χ1n) is 7.67. The molecule has 1 fully saturated rings. The summed E-state index contributed by atoms with van der Waals surface area (Å²) in [6, 6.07) is 5.67. The smallest absolute Gasteiger partial charge is 0.306 e. The summed E-state index contributed by atoms with van der Waals surface area (Å²) in [7, 11) is 0. The number of rotatable bonds is 3. The predicted molar refractivity (Wildman–Crippen MR) is 89.5 cm³/mol. The molecule has 23 heavy (non-hydrogen) atoms. The lowest BCUT2D eigenvalue weighted by atomic mass is 9.86. The lowest BCUT2D eigenvalue weighted by Gasteiger charge is -2.26. The quantitative estimate of drug-likeness (QED) is 0.847. The van der Waals surface area contributed by atoms with E-state index in [0.717, 1.165) is 15.4 Å². The molecule has 1 aliphatic rings. The van der Waals surface area contributed by atoms with Crippen LogP contribution in [0.25, 0.3) is 11.0 Å². The average molecular weight is 380 g/mol. The van der Waals surface area contributed by atoms with Crippen LogP contribution >= 0.6 is 15.9 Å². The van der Waals surface area contributed by atoms with E-state index in [-0.39, 0.29) is 23.6 Å². The van der Waals surface area contributed by atoms with E-state index in [1.165, 1.54) is 0 Å². The van der Waals surface area contributed by atoms with Gasteiger partial charge < -0.3 is 14.8 Å². The number of amides is 1. The van der Waals surface area contributed by atoms with Crippen LogP contribution in [0.5, 0.6) is 0 Å². The monoisotopic (exact) mass is 379 g/mol. The molecule has 1 aromatic heterocycles. The summed E-state index contributed by atoms with van der Waals surface area (Å²) >= 11 is 3.45. The number of hydrogen-bond donors (Lipinski definition) is 2. The minimum absolute atomic E-state index is 0.0106. The zero-order valence-electron chi connectivity index (χ0n) is 12.8. The van der Waals surface area contributed by atoms with Crippen LogP contribution in [0.3, 0.4) is 0 Å². The summed E-state index contributed by atoms with van der Waals surface area (Å²) in [5.74, 6) is -0.989. The fourth-order valence-corrected chi connectivity index (χ4v) is 3.78. The van der Waals surface area contributed by atoms with Gasteiger partial charge in [0.2, 0.25) is 0 Å². The van der Waals surface area contributed by atoms with Crippen LogP contribution in [-0.2, 0) is 4.79 Å². The number of hydrogen-bond acceptors (Lipinski definition) is 3. The van der Waals surface area contributed by atoms with Crippen molar-refractivity contribution in [2.24, 2.45) is 5.92 Å². The minimum atomic E-state index is -0.743. The van der Waals surface area contributed by atoms with Crippen molar-refractivity contribution < 1.29 is 19.1 Å². The molecule has 6 heteroatoms. The van der Waals surface area contributed by atoms with Gasteiger partial charge in [-0.1, -0.05) is 0 Å². The van der Waals surface area contributed by atoms with Crippen LogP contribution in [0.4, 0.5) is 0 Å². The number of halogens is 1. The van der Waals surface area contributed by atoms with Gasteiger partial charge in [0.25, 0.3) is 5.91 Å². The van der Waals surface area contributed by atoms with Crippen LogP contribution in [-0.4, -0.2) is 23.0 Å². The van der Waals surface area contributed by atoms with Crippen LogP contribution in [0, 0.1) is 12.8 Å². The van der Waals surface area contributed by atoms with Crippen molar-refractivity contribution in [1.82, 2.24) is 5.32 Å². The normalized spacial score (nSPS) is 21.3. The Morgan fingerprint density at radius 3 is 2.57 bits per heavy atom. The van der Waals surface area contributed by atoms with Gasteiger partial charge in [-0.3, -0.25) is 9.59 Å². The van der Waals surface area contributed by atoms with Crippen molar-refractivity contribution in [3.05, 3.63) is 34.0 Å². The Morgan fingerprint density at radius 1 is 1.22 bits per heavy atom. The summed E-state index contributed by atoms with van der Waals surface area (Å²) < 4.78 is 6.49. The number of furan rings is 1. The molecule has 0 radical (unpaired) electrons. The van der Waals surface area contributed by atoms with Gasteiger partial charge in [-0.15, -0.1) is 0 Å². The standard InChI is InChI=1S/C17H18BrNO4/c1-9-6-11-8-14(23-15(11)13(18)7-9)16(20)19-12-4-2-10(3-5-12)17(21)22/h6-8,10,12H,2-5H2,1H3,(H,19,20)(H,21,22). The summed E-state index contributed by atoms with van der Waals surface area (Å²) in [4.78, 5) is 23.3. The van der Waals surface area contributed by atoms with E-state index >= 15 is 0 Å². The van der Waals surface area contributed by atoms with E-state index in [4.69, 9.17) is 9.52 Å². The molecule has 1 amide bonds. The largest absolute Gasteiger partial charge is 0.481 e. The molecule has 0 unspecified atom stereocenters. The lowest BCUT2D eigenvalue weighted by molar-refractivity contribution is -0.142. The Labute approximate surface area is 142 Å². The van der Waals surface area contributed by atoms with Gasteiger partial charge >= 0.3 is 5.97 Å². The third kappa shape index (κ3) is 3.42. The summed E-state index contributed by atoms with van der Waals surface area (Å²) in [5.41, 5.74) is 1.75. The van der Waals surface area contributed by atoms with Gasteiger partial charge in [-0.2, -0.15) is 0 Å². The van der Waals surface area contributed by atoms with Gasteiger partial charge in [0.15, 0.2) is 5.76 Å². The van der Waals surface area contributed by atoms with Crippen molar-refractivity contribution in [3.63, 3.8) is 0 Å². The zero-order valence-corrected chi connectivity index (χ0v) is 14.4. The molecule has 0 aliphatic heterocycles. The van der Waals surface area contributed by atoms with E-state index in [2.05, 4.69) is 21.2 Å². The first kappa shape index (κ1) is 16.1. The van der Waals surface area contributed by atoms with Gasteiger partial charge in [0.05, 0.1) is 10.4 Å². The van der Waals surface area contributed by atoms with Crippen molar-refractivity contribution >= 4 is 38.8 Å². The number of fused-ring (bicyclic) bond motifs is 1. The zero-order chi connectivity index (χ0) is 16.6. The number of carbonyl (C=O) groups excluding carboxylic acids is 1. The number of benzene rings is 1. The van der Waals surface area contributed by atoms with Crippen LogP contribution in [0.1, 0.15) is 41.8 Å². The van der Waals surface area contributed by atoms with Crippen molar-refractivity contribution in [3.8, 4) is 0 Å². The minimum Gasteiger partial charge on any atom is -0.481 e. The fraction of sp³-hybridized carbons (Fsp3) is 0.412. The Balaban J connectivity index is 1.69. The second kappa shape index (κ2) is 6.35. The van der Waals surface area contributed by atoms with Crippen molar-refractivity contribution in [2.45, 2.75) is 38.6 Å². The number of carboxylic acid groups (broad SMARTS) is 1. The molecule has 2 aromatic rings. The molecule has 1 aromatic carbocycles. The third-order valence-corrected chi connectivity index (χ3v) is 4.94. The maximum atomic E-state index is 12.4. The molecule has 3 rings (SSSR count). The summed E-state index contributed by atoms with van der Waals surface area (Å²) in [5, 5.41) is 12.8. The van der Waals surface area contributed by atoms with Crippen LogP contribution in [0.2, 0.25) is 0 Å². The summed E-state index contributed by atoms with van der Waals surface area (Å²) in [6.45, 7) is 1.98. The predicted octanol–water partition coefficient (Wildman–Crippen LogP) is 3.88. The van der Waals surface area contributed by atoms with Gasteiger partial charge in [0, 0.05) is 11.4 Å². The van der Waals surface area contributed by atoms with Gasteiger partial charge in [-0.25, -0.2) is 0 Å². The number of carbonyl (C=O) groups is 2. The molecule has 0 atom stereocenters. The first-order valence-corrected chi connectivity index (χ1v) is 8.46. The molecule has 1 heterocycles. The molecule has 5 nitrogen and oxygen atoms in total. The van der Waals surface area contributed by atoms with Gasteiger partial charge in [-0.05, 0) is 72.3 Å². The Morgan fingerprint density at radius 2 is 1.91 bits per heavy atom. The maximum absolute atomic E-state index is 12.4. The number of carboxylic acids is 1. The molecule has 0 spiro atoms. The highest BCUT2D eigenvalue weighted by molar-refractivity contribution is 9.10. The van der Waals surface area contributed by atoms with Gasteiger partial charge in [0.1, 0.15) is 5.58 Å². The Kier molecular flexibility index (Phi) is 4.43. The van der Waals surface area contributed by atoms with Crippen LogP contribution < -0.4 is 5.32 Å². The lowest BCUT2D eigenvalue weighted by Crippen LogP contribution is -2.38. The van der Waals surface area contributed by atoms with E-state index in [1.54, 1.807) is 6.07 Å². The maximum Gasteiger partial charge on any atom is 0.306 e. The highest BCUT2D eigenvalue weighted by Crippen LogP contribution is 2.29. The number of nitrogens with one attached hydrogen (secondary N) is 1. The molecular formula is C17H18BrNO4. The topological polar surface area (TPSA) is 79.5 Å². The molecule has 1 aliphatic carbocycles. The molecule has 1 saturated carbocycles. The molecular weight excluding hydrogens is 362 g/mol. The SMILES string of the molecule is Cc1cc(Br)c2oc(C(=O)NC3CCC(C(=O)O)CC3)cc2c1. The Hall–Kier alpha value is -1.82. The summed E-state index contributed by atoms with van der Waals surface area (Å²) in [6.07, 6.45) is 2.58. The van der Waals surface area contributed by atoms with Crippen molar-refractivity contribution in [2.75, 3.05) is 0 Å². The Bertz CT molecular complexity index is 759. The van der Waals surface area contributed by atoms with Crippen LogP contribution in [0.15, 0.2) is 27.1 Å². The highest BCUT2D eigenvalue weighted by atomic mass is 79.9. The second-order valence-corrected chi connectivity index (χ2v) is 6.99. The molecule has 2 N–H and O–H groups in total. The first-order chi connectivity index (χ1) is 10.9. The van der Waals surface area contributed by atoms with E-state index in [1.807, 2.05) is 19.1 Å². The second-order valence-electron chi connectivity index (χ2n) is 6.14. The third-order valence-electron chi connectivity index (χ3n) is 4.35. The van der Waals surface area contributed by atoms with E-state index < -0.39 is 5.97 Å². The average Bonchev–Trinajstić information content (AvgIpc) is 2.92. The number of aliphatic carboxylic acids is 1. The molecule has 122 valence electrons. The van der Waals surface area contributed by atoms with E-state index in [9.17, 15) is 9.59 Å². The van der Waals surface area contributed by atoms with Crippen molar-refractivity contribution in [1.29, 1.82) is 0 Å².